The van der Waals surface area contributed by atoms with Gasteiger partial charge in [-0.3, -0.25) is 4.99 Å². The van der Waals surface area contributed by atoms with E-state index in [1.54, 1.807) is 24.6 Å². The first kappa shape index (κ1) is 21.9. The van der Waals surface area contributed by atoms with E-state index in [0.29, 0.717) is 12.6 Å². The topological polar surface area (TPSA) is 71.4 Å². The molecule has 3 rings (SSSR count). The summed E-state index contributed by atoms with van der Waals surface area (Å²) in [4.78, 5) is 13.2. The molecule has 2 aromatic heterocycles. The molecule has 1 saturated carbocycles. The van der Waals surface area contributed by atoms with Gasteiger partial charge in [-0.05, 0) is 38.7 Å². The average molecular weight is 501 g/mol. The molecule has 2 aromatic rings. The molecule has 0 saturated heterocycles. The van der Waals surface area contributed by atoms with E-state index in [-0.39, 0.29) is 24.0 Å². The van der Waals surface area contributed by atoms with E-state index in [4.69, 9.17) is 4.74 Å². The fourth-order valence-corrected chi connectivity index (χ4v) is 3.71. The van der Waals surface area contributed by atoms with Crippen molar-refractivity contribution in [3.05, 3.63) is 40.0 Å². The van der Waals surface area contributed by atoms with Gasteiger partial charge in [-0.1, -0.05) is 6.07 Å². The first-order valence-electron chi connectivity index (χ1n) is 9.20. The van der Waals surface area contributed by atoms with Gasteiger partial charge >= 0.3 is 0 Å². The molecule has 0 amide bonds. The van der Waals surface area contributed by atoms with Crippen LogP contribution in [0.5, 0.6) is 5.88 Å². The predicted octanol–water partition coefficient (Wildman–Crippen LogP) is 3.69. The van der Waals surface area contributed by atoms with E-state index in [2.05, 4.69) is 37.0 Å². The predicted molar refractivity (Wildman–Crippen MR) is 121 cm³/mol. The Balaban J connectivity index is 0.00000261. The summed E-state index contributed by atoms with van der Waals surface area (Å²) in [5, 5.41) is 9.89. The standard InChI is InChI=1S/C19H27N5OS.HI/c1-14-24-16(13-26-14)9-11-22-19(20-2)23-12-15-6-5-10-21-18(15)25-17-7-3-4-8-17;/h5-6,10,13,17H,3-4,7-9,11-12H2,1-2H3,(H2,20,22,23);1H. The van der Waals surface area contributed by atoms with Crippen molar-refractivity contribution in [2.75, 3.05) is 13.6 Å². The van der Waals surface area contributed by atoms with E-state index in [9.17, 15) is 0 Å². The molecule has 2 heterocycles. The minimum Gasteiger partial charge on any atom is -0.474 e. The van der Waals surface area contributed by atoms with Crippen LogP contribution in [0.15, 0.2) is 28.7 Å². The Morgan fingerprint density at radius 3 is 2.85 bits per heavy atom. The molecule has 1 aliphatic carbocycles. The summed E-state index contributed by atoms with van der Waals surface area (Å²) in [5.74, 6) is 1.51. The summed E-state index contributed by atoms with van der Waals surface area (Å²) in [6.45, 7) is 3.45. The highest BCUT2D eigenvalue weighted by Crippen LogP contribution is 2.24. The molecule has 1 aliphatic rings. The number of aliphatic imine (C=N–C) groups is 1. The van der Waals surface area contributed by atoms with E-state index in [1.165, 1.54) is 12.8 Å². The number of guanidine groups is 1. The molecule has 6 nitrogen and oxygen atoms in total. The van der Waals surface area contributed by atoms with Crippen molar-refractivity contribution >= 4 is 41.3 Å². The Morgan fingerprint density at radius 1 is 1.33 bits per heavy atom. The van der Waals surface area contributed by atoms with Gasteiger partial charge in [0, 0.05) is 43.7 Å². The van der Waals surface area contributed by atoms with Crippen molar-refractivity contribution in [1.29, 1.82) is 0 Å². The van der Waals surface area contributed by atoms with E-state index in [0.717, 1.165) is 53.9 Å². The second kappa shape index (κ2) is 11.4. The highest BCUT2D eigenvalue weighted by molar-refractivity contribution is 14.0. The van der Waals surface area contributed by atoms with Crippen molar-refractivity contribution in [3.8, 4) is 5.88 Å². The lowest BCUT2D eigenvalue weighted by molar-refractivity contribution is 0.199. The summed E-state index contributed by atoms with van der Waals surface area (Å²) in [6, 6.07) is 3.99. The van der Waals surface area contributed by atoms with Crippen LogP contribution in [0.1, 0.15) is 41.9 Å². The Hall–Kier alpha value is -1.42. The Morgan fingerprint density at radius 2 is 2.15 bits per heavy atom. The quantitative estimate of drug-likeness (QED) is 0.344. The number of hydrogen-bond donors (Lipinski definition) is 2. The largest absolute Gasteiger partial charge is 0.474 e. The Bertz CT molecular complexity index is 730. The summed E-state index contributed by atoms with van der Waals surface area (Å²) in [6.07, 6.45) is 7.74. The average Bonchev–Trinajstić information content (AvgIpc) is 3.31. The van der Waals surface area contributed by atoms with Crippen molar-refractivity contribution in [3.63, 3.8) is 0 Å². The van der Waals surface area contributed by atoms with Crippen LogP contribution in [-0.4, -0.2) is 35.6 Å². The smallest absolute Gasteiger partial charge is 0.218 e. The van der Waals surface area contributed by atoms with Crippen LogP contribution in [0.25, 0.3) is 0 Å². The van der Waals surface area contributed by atoms with E-state index in [1.807, 2.05) is 13.0 Å². The van der Waals surface area contributed by atoms with Crippen molar-refractivity contribution in [2.24, 2.45) is 4.99 Å². The van der Waals surface area contributed by atoms with Gasteiger partial charge in [-0.25, -0.2) is 9.97 Å². The number of aryl methyl sites for hydroxylation is 1. The number of nitrogens with zero attached hydrogens (tertiary/aromatic N) is 3. The van der Waals surface area contributed by atoms with Gasteiger partial charge in [0.15, 0.2) is 5.96 Å². The first-order chi connectivity index (χ1) is 12.7. The van der Waals surface area contributed by atoms with Crippen LogP contribution in [0.2, 0.25) is 0 Å². The zero-order chi connectivity index (χ0) is 18.2. The molecule has 0 radical (unpaired) electrons. The first-order valence-corrected chi connectivity index (χ1v) is 10.1. The zero-order valence-electron chi connectivity index (χ0n) is 15.9. The second-order valence-electron chi connectivity index (χ2n) is 6.45. The van der Waals surface area contributed by atoms with Gasteiger partial charge in [-0.2, -0.15) is 0 Å². The van der Waals surface area contributed by atoms with Gasteiger partial charge in [0.2, 0.25) is 5.88 Å². The molecule has 148 valence electrons. The van der Waals surface area contributed by atoms with Crippen molar-refractivity contribution in [1.82, 2.24) is 20.6 Å². The van der Waals surface area contributed by atoms with Crippen LogP contribution < -0.4 is 15.4 Å². The summed E-state index contributed by atoms with van der Waals surface area (Å²) in [5.41, 5.74) is 2.17. The molecule has 0 atom stereocenters. The third-order valence-electron chi connectivity index (χ3n) is 4.44. The number of hydrogen-bond acceptors (Lipinski definition) is 5. The molecular weight excluding hydrogens is 473 g/mol. The SMILES string of the molecule is CN=C(NCCc1csc(C)n1)NCc1cccnc1OC1CCCC1.I. The van der Waals surface area contributed by atoms with Crippen molar-refractivity contribution < 1.29 is 4.74 Å². The maximum atomic E-state index is 6.10. The summed E-state index contributed by atoms with van der Waals surface area (Å²) >= 11 is 1.69. The molecule has 27 heavy (non-hydrogen) atoms. The minimum absolute atomic E-state index is 0. The van der Waals surface area contributed by atoms with Gasteiger partial charge in [0.05, 0.1) is 10.7 Å². The number of rotatable bonds is 7. The minimum atomic E-state index is 0. The number of aromatic nitrogens is 2. The van der Waals surface area contributed by atoms with Crippen LogP contribution in [0, 0.1) is 6.92 Å². The highest BCUT2D eigenvalue weighted by Gasteiger charge is 2.18. The van der Waals surface area contributed by atoms with E-state index < -0.39 is 0 Å². The van der Waals surface area contributed by atoms with Crippen molar-refractivity contribution in [2.45, 2.75) is 51.7 Å². The molecule has 2 N–H and O–H groups in total. The molecule has 0 aliphatic heterocycles. The number of ether oxygens (including phenoxy) is 1. The highest BCUT2D eigenvalue weighted by atomic mass is 127. The normalized spacial score (nSPS) is 14.7. The summed E-state index contributed by atoms with van der Waals surface area (Å²) < 4.78 is 6.10. The molecular formula is C19H28IN5OS. The Kier molecular flexibility index (Phi) is 9.26. The van der Waals surface area contributed by atoms with E-state index >= 15 is 0 Å². The van der Waals surface area contributed by atoms with Gasteiger partial charge < -0.3 is 15.4 Å². The van der Waals surface area contributed by atoms with Crippen LogP contribution in [0.3, 0.4) is 0 Å². The Labute approximate surface area is 182 Å². The lowest BCUT2D eigenvalue weighted by Gasteiger charge is -2.16. The fraction of sp³-hybridized carbons (Fsp3) is 0.526. The maximum absolute atomic E-state index is 6.10. The lowest BCUT2D eigenvalue weighted by atomic mass is 10.2. The van der Waals surface area contributed by atoms with Gasteiger partial charge in [0.25, 0.3) is 0 Å². The summed E-state index contributed by atoms with van der Waals surface area (Å²) in [7, 11) is 1.78. The van der Waals surface area contributed by atoms with Crippen LogP contribution >= 0.6 is 35.3 Å². The monoisotopic (exact) mass is 501 g/mol. The number of pyridine rings is 1. The number of thiazole rings is 1. The fourth-order valence-electron chi connectivity index (χ4n) is 3.06. The molecule has 0 unspecified atom stereocenters. The lowest BCUT2D eigenvalue weighted by Crippen LogP contribution is -2.38. The molecule has 1 fully saturated rings. The molecule has 0 spiro atoms. The third-order valence-corrected chi connectivity index (χ3v) is 5.26. The third kappa shape index (κ3) is 6.91. The molecule has 0 aromatic carbocycles. The number of nitrogens with one attached hydrogen (secondary N) is 2. The molecule has 0 bridgehead atoms. The van der Waals surface area contributed by atoms with Gasteiger partial charge in [-0.15, -0.1) is 35.3 Å². The maximum Gasteiger partial charge on any atom is 0.218 e. The number of halogens is 1. The second-order valence-corrected chi connectivity index (χ2v) is 7.51. The van der Waals surface area contributed by atoms with Gasteiger partial charge in [0.1, 0.15) is 6.10 Å². The zero-order valence-corrected chi connectivity index (χ0v) is 19.0. The van der Waals surface area contributed by atoms with Crippen LogP contribution in [-0.2, 0) is 13.0 Å². The molecule has 8 heteroatoms. The van der Waals surface area contributed by atoms with Crippen LogP contribution in [0.4, 0.5) is 0 Å².